The number of hydrogen-bond donors (Lipinski definition) is 0. The van der Waals surface area contributed by atoms with Crippen molar-refractivity contribution in [2.24, 2.45) is 0 Å². The summed E-state index contributed by atoms with van der Waals surface area (Å²) in [6, 6.07) is 15.8. The van der Waals surface area contributed by atoms with Crippen molar-refractivity contribution in [2.45, 2.75) is 11.3 Å². The molecule has 0 amide bonds. The van der Waals surface area contributed by atoms with Crippen LogP contribution in [0.4, 0.5) is 0 Å². The lowest BCUT2D eigenvalue weighted by atomic mass is 10.1. The largest absolute Gasteiger partial charge is 0.293 e. The van der Waals surface area contributed by atoms with Crippen LogP contribution >= 0.6 is 39.0 Å². The SMILES string of the molecule is Cc1ccc(C(=O)CSc2nc(-c3ccc(Br)cc3)cs2)cc1. The average molecular weight is 404 g/mol. The third-order valence-electron chi connectivity index (χ3n) is 3.32. The van der Waals surface area contributed by atoms with Gasteiger partial charge in [-0.1, -0.05) is 69.7 Å². The Labute approximate surface area is 152 Å². The Balaban J connectivity index is 1.64. The lowest BCUT2D eigenvalue weighted by molar-refractivity contribution is 0.102. The number of halogens is 1. The maximum Gasteiger partial charge on any atom is 0.173 e. The molecule has 0 saturated carbocycles. The van der Waals surface area contributed by atoms with Gasteiger partial charge in [-0.2, -0.15) is 0 Å². The number of rotatable bonds is 5. The number of carbonyl (C=O) groups excluding carboxylic acids is 1. The summed E-state index contributed by atoms with van der Waals surface area (Å²) in [6.07, 6.45) is 0. The number of aromatic nitrogens is 1. The van der Waals surface area contributed by atoms with Gasteiger partial charge in [-0.3, -0.25) is 4.79 Å². The van der Waals surface area contributed by atoms with Crippen molar-refractivity contribution in [3.05, 3.63) is 69.5 Å². The highest BCUT2D eigenvalue weighted by molar-refractivity contribution is 9.10. The summed E-state index contributed by atoms with van der Waals surface area (Å²) in [5.41, 5.74) is 3.95. The molecule has 0 spiro atoms. The van der Waals surface area contributed by atoms with Crippen LogP contribution in [-0.4, -0.2) is 16.5 Å². The van der Waals surface area contributed by atoms with Crippen LogP contribution in [0.2, 0.25) is 0 Å². The van der Waals surface area contributed by atoms with Gasteiger partial charge in [-0.15, -0.1) is 11.3 Å². The molecule has 0 aliphatic rings. The summed E-state index contributed by atoms with van der Waals surface area (Å²) in [6.45, 7) is 2.02. The monoisotopic (exact) mass is 403 g/mol. The fourth-order valence-electron chi connectivity index (χ4n) is 2.03. The van der Waals surface area contributed by atoms with Crippen LogP contribution in [0, 0.1) is 6.92 Å². The van der Waals surface area contributed by atoms with E-state index >= 15 is 0 Å². The molecule has 0 fully saturated rings. The molecule has 0 radical (unpaired) electrons. The topological polar surface area (TPSA) is 30.0 Å². The molecule has 116 valence electrons. The molecule has 3 aromatic rings. The predicted molar refractivity (Wildman–Crippen MR) is 101 cm³/mol. The van der Waals surface area contributed by atoms with Gasteiger partial charge in [0.25, 0.3) is 0 Å². The molecule has 0 unspecified atom stereocenters. The van der Waals surface area contributed by atoms with Crippen molar-refractivity contribution in [1.82, 2.24) is 4.98 Å². The number of hydrogen-bond acceptors (Lipinski definition) is 4. The molecule has 0 N–H and O–H groups in total. The molecule has 2 nitrogen and oxygen atoms in total. The minimum Gasteiger partial charge on any atom is -0.293 e. The summed E-state index contributed by atoms with van der Waals surface area (Å²) in [5, 5.41) is 2.03. The third kappa shape index (κ3) is 4.31. The maximum absolute atomic E-state index is 12.2. The third-order valence-corrected chi connectivity index (χ3v) is 5.87. The van der Waals surface area contributed by atoms with E-state index in [0.717, 1.165) is 31.2 Å². The number of carbonyl (C=O) groups is 1. The van der Waals surface area contributed by atoms with E-state index in [1.807, 2.05) is 60.8 Å². The van der Waals surface area contributed by atoms with E-state index in [0.29, 0.717) is 5.75 Å². The Morgan fingerprint density at radius 3 is 2.52 bits per heavy atom. The number of nitrogens with zero attached hydrogens (tertiary/aromatic N) is 1. The van der Waals surface area contributed by atoms with Gasteiger partial charge >= 0.3 is 0 Å². The molecule has 23 heavy (non-hydrogen) atoms. The quantitative estimate of drug-likeness (QED) is 0.394. The van der Waals surface area contributed by atoms with Crippen molar-refractivity contribution in [2.75, 3.05) is 5.75 Å². The molecule has 0 aliphatic carbocycles. The first-order valence-electron chi connectivity index (χ1n) is 7.06. The molecular formula is C18H14BrNOS2. The van der Waals surface area contributed by atoms with Crippen LogP contribution in [0.1, 0.15) is 15.9 Å². The fraction of sp³-hybridized carbons (Fsp3) is 0.111. The second kappa shape index (κ2) is 7.43. The van der Waals surface area contributed by atoms with E-state index in [1.165, 1.54) is 11.8 Å². The van der Waals surface area contributed by atoms with Gasteiger partial charge in [-0.25, -0.2) is 4.98 Å². The molecule has 1 aromatic heterocycles. The second-order valence-corrected chi connectivity index (χ2v) is 8.08. The molecular weight excluding hydrogens is 390 g/mol. The van der Waals surface area contributed by atoms with Crippen molar-refractivity contribution in [1.29, 1.82) is 0 Å². The van der Waals surface area contributed by atoms with Crippen LogP contribution in [0.3, 0.4) is 0 Å². The van der Waals surface area contributed by atoms with E-state index in [1.54, 1.807) is 11.3 Å². The van der Waals surface area contributed by atoms with Crippen LogP contribution in [-0.2, 0) is 0 Å². The number of thiazole rings is 1. The first kappa shape index (κ1) is 16.4. The Hall–Kier alpha value is -1.43. The van der Waals surface area contributed by atoms with Crippen molar-refractivity contribution in [3.63, 3.8) is 0 Å². The summed E-state index contributed by atoms with van der Waals surface area (Å²) >= 11 is 6.50. The molecule has 0 aliphatic heterocycles. The van der Waals surface area contributed by atoms with E-state index in [-0.39, 0.29) is 5.78 Å². The zero-order valence-corrected chi connectivity index (χ0v) is 15.7. The predicted octanol–water partition coefficient (Wildman–Crippen LogP) is 5.86. The van der Waals surface area contributed by atoms with Gasteiger partial charge in [0.15, 0.2) is 10.1 Å². The van der Waals surface area contributed by atoms with Gasteiger partial charge < -0.3 is 0 Å². The number of ketones is 1. The fourth-order valence-corrected chi connectivity index (χ4v) is 4.02. The molecule has 5 heteroatoms. The minimum absolute atomic E-state index is 0.135. The highest BCUT2D eigenvalue weighted by Crippen LogP contribution is 2.29. The summed E-state index contributed by atoms with van der Waals surface area (Å²) in [7, 11) is 0. The first-order chi connectivity index (χ1) is 11.1. The van der Waals surface area contributed by atoms with E-state index in [4.69, 9.17) is 0 Å². The smallest absolute Gasteiger partial charge is 0.173 e. The van der Waals surface area contributed by atoms with Crippen LogP contribution in [0.5, 0.6) is 0 Å². The number of thioether (sulfide) groups is 1. The molecule has 3 rings (SSSR count). The van der Waals surface area contributed by atoms with Gasteiger partial charge in [0.05, 0.1) is 11.4 Å². The average Bonchev–Trinajstić information content (AvgIpc) is 3.03. The Kier molecular flexibility index (Phi) is 5.30. The van der Waals surface area contributed by atoms with E-state index < -0.39 is 0 Å². The highest BCUT2D eigenvalue weighted by Gasteiger charge is 2.10. The van der Waals surface area contributed by atoms with E-state index in [2.05, 4.69) is 20.9 Å². The Bertz CT molecular complexity index is 810. The first-order valence-corrected chi connectivity index (χ1v) is 9.72. The summed E-state index contributed by atoms with van der Waals surface area (Å²) in [4.78, 5) is 16.8. The summed E-state index contributed by atoms with van der Waals surface area (Å²) in [5.74, 6) is 0.548. The standard InChI is InChI=1S/C18H14BrNOS2/c1-12-2-4-14(5-3-12)17(21)11-23-18-20-16(10-22-18)13-6-8-15(19)9-7-13/h2-10H,11H2,1H3. The number of benzene rings is 2. The highest BCUT2D eigenvalue weighted by atomic mass is 79.9. The van der Waals surface area contributed by atoms with Crippen molar-refractivity contribution in [3.8, 4) is 11.3 Å². The zero-order valence-electron chi connectivity index (χ0n) is 12.5. The molecule has 1 heterocycles. The molecule has 2 aromatic carbocycles. The van der Waals surface area contributed by atoms with Gasteiger partial charge in [0.1, 0.15) is 0 Å². The number of Topliss-reactive ketones (excluding diaryl/α,β-unsaturated/α-hetero) is 1. The normalized spacial score (nSPS) is 10.7. The lowest BCUT2D eigenvalue weighted by Gasteiger charge is -2.00. The Morgan fingerprint density at radius 1 is 1.13 bits per heavy atom. The zero-order chi connectivity index (χ0) is 16.2. The lowest BCUT2D eigenvalue weighted by Crippen LogP contribution is -2.01. The van der Waals surface area contributed by atoms with Gasteiger partial charge in [0, 0.05) is 21.0 Å². The number of aryl methyl sites for hydroxylation is 1. The molecule has 0 bridgehead atoms. The maximum atomic E-state index is 12.2. The van der Waals surface area contributed by atoms with Crippen LogP contribution in [0.15, 0.2) is 62.7 Å². The second-order valence-electron chi connectivity index (χ2n) is 5.08. The molecule has 0 atom stereocenters. The van der Waals surface area contributed by atoms with E-state index in [9.17, 15) is 4.79 Å². The van der Waals surface area contributed by atoms with Gasteiger partial charge in [0.2, 0.25) is 0 Å². The van der Waals surface area contributed by atoms with Crippen LogP contribution in [0.25, 0.3) is 11.3 Å². The van der Waals surface area contributed by atoms with Crippen molar-refractivity contribution >= 4 is 44.8 Å². The Morgan fingerprint density at radius 2 is 1.83 bits per heavy atom. The summed E-state index contributed by atoms with van der Waals surface area (Å²) < 4.78 is 1.97. The van der Waals surface area contributed by atoms with Gasteiger partial charge in [-0.05, 0) is 19.1 Å². The van der Waals surface area contributed by atoms with Crippen molar-refractivity contribution < 1.29 is 4.79 Å². The molecule has 0 saturated heterocycles. The van der Waals surface area contributed by atoms with Crippen LogP contribution < -0.4 is 0 Å². The minimum atomic E-state index is 0.135.